The fourth-order valence-corrected chi connectivity index (χ4v) is 2.17. The molecule has 0 spiro atoms. The van der Waals surface area contributed by atoms with Crippen LogP contribution in [-0.2, 0) is 6.61 Å². The number of hydrogen-bond donors (Lipinski definition) is 1. The van der Waals surface area contributed by atoms with Crippen LogP contribution in [0, 0.1) is 0 Å². The first-order valence-corrected chi connectivity index (χ1v) is 6.18. The minimum Gasteiger partial charge on any atom is -0.504 e. The van der Waals surface area contributed by atoms with Crippen LogP contribution in [0.4, 0.5) is 0 Å². The quantitative estimate of drug-likeness (QED) is 0.911. The third kappa shape index (κ3) is 3.14. The molecular formula is C13H10BrClO2. The van der Waals surface area contributed by atoms with E-state index in [1.807, 2.05) is 18.2 Å². The first-order chi connectivity index (χ1) is 8.16. The van der Waals surface area contributed by atoms with E-state index in [9.17, 15) is 5.11 Å². The maximum absolute atomic E-state index is 9.54. The summed E-state index contributed by atoms with van der Waals surface area (Å²) >= 11 is 9.26. The number of aromatic hydroxyl groups is 1. The lowest BCUT2D eigenvalue weighted by Crippen LogP contribution is -1.96. The highest BCUT2D eigenvalue weighted by atomic mass is 79.9. The molecule has 0 heterocycles. The molecule has 0 saturated carbocycles. The van der Waals surface area contributed by atoms with Crippen LogP contribution in [0.5, 0.6) is 11.5 Å². The molecule has 0 atom stereocenters. The lowest BCUT2D eigenvalue weighted by Gasteiger charge is -2.09. The van der Waals surface area contributed by atoms with E-state index >= 15 is 0 Å². The Hall–Kier alpha value is -1.19. The summed E-state index contributed by atoms with van der Waals surface area (Å²) < 4.78 is 6.41. The molecule has 4 heteroatoms. The van der Waals surface area contributed by atoms with Gasteiger partial charge in [0.2, 0.25) is 0 Å². The Morgan fingerprint density at radius 1 is 1.18 bits per heavy atom. The van der Waals surface area contributed by atoms with Gasteiger partial charge in [-0.1, -0.05) is 45.7 Å². The molecule has 88 valence electrons. The van der Waals surface area contributed by atoms with E-state index in [-0.39, 0.29) is 5.75 Å². The molecule has 0 unspecified atom stereocenters. The van der Waals surface area contributed by atoms with E-state index in [0.29, 0.717) is 17.4 Å². The van der Waals surface area contributed by atoms with Gasteiger partial charge >= 0.3 is 0 Å². The monoisotopic (exact) mass is 312 g/mol. The van der Waals surface area contributed by atoms with Crippen molar-refractivity contribution in [3.8, 4) is 11.5 Å². The third-order valence-electron chi connectivity index (χ3n) is 2.26. The molecule has 2 nitrogen and oxygen atoms in total. The highest BCUT2D eigenvalue weighted by Crippen LogP contribution is 2.27. The molecule has 17 heavy (non-hydrogen) atoms. The highest BCUT2D eigenvalue weighted by molar-refractivity contribution is 9.10. The summed E-state index contributed by atoms with van der Waals surface area (Å²) in [6.07, 6.45) is 0. The molecule has 0 aromatic heterocycles. The van der Waals surface area contributed by atoms with E-state index in [0.717, 1.165) is 10.0 Å². The summed E-state index contributed by atoms with van der Waals surface area (Å²) in [7, 11) is 0. The predicted molar refractivity (Wildman–Crippen MR) is 71.6 cm³/mol. The van der Waals surface area contributed by atoms with Gasteiger partial charge in [0.05, 0.1) is 0 Å². The molecule has 0 aliphatic carbocycles. The van der Waals surface area contributed by atoms with Crippen LogP contribution in [0.3, 0.4) is 0 Å². The number of benzene rings is 2. The Balaban J connectivity index is 2.10. The number of rotatable bonds is 3. The number of ether oxygens (including phenoxy) is 1. The molecule has 1 N–H and O–H groups in total. The molecule has 0 amide bonds. The average molecular weight is 314 g/mol. The fourth-order valence-electron chi connectivity index (χ4n) is 1.37. The molecule has 2 aromatic carbocycles. The van der Waals surface area contributed by atoms with Crippen LogP contribution in [0.15, 0.2) is 46.9 Å². The van der Waals surface area contributed by atoms with Crippen LogP contribution in [0.2, 0.25) is 5.02 Å². The first-order valence-electron chi connectivity index (χ1n) is 5.01. The second-order valence-corrected chi connectivity index (χ2v) is 4.78. The molecule has 0 fully saturated rings. The van der Waals surface area contributed by atoms with Gasteiger partial charge in [-0.05, 0) is 24.3 Å². The Bertz CT molecular complexity index is 529. The van der Waals surface area contributed by atoms with E-state index in [4.69, 9.17) is 16.3 Å². The number of halogens is 2. The van der Waals surface area contributed by atoms with Crippen molar-refractivity contribution >= 4 is 27.5 Å². The van der Waals surface area contributed by atoms with Gasteiger partial charge in [-0.3, -0.25) is 0 Å². The Morgan fingerprint density at radius 2 is 1.94 bits per heavy atom. The highest BCUT2D eigenvalue weighted by Gasteiger charge is 2.04. The fraction of sp³-hybridized carbons (Fsp3) is 0.0769. The Labute approximate surface area is 113 Å². The molecule has 2 aromatic rings. The zero-order valence-electron chi connectivity index (χ0n) is 8.86. The summed E-state index contributed by atoms with van der Waals surface area (Å²) in [4.78, 5) is 0. The van der Waals surface area contributed by atoms with Crippen LogP contribution < -0.4 is 4.74 Å². The van der Waals surface area contributed by atoms with Gasteiger partial charge in [0.15, 0.2) is 11.5 Å². The van der Waals surface area contributed by atoms with E-state index in [1.54, 1.807) is 24.3 Å². The molecular weight excluding hydrogens is 303 g/mol. The van der Waals surface area contributed by atoms with Gasteiger partial charge in [0.1, 0.15) is 6.61 Å². The molecule has 2 rings (SSSR count). The smallest absolute Gasteiger partial charge is 0.161 e. The average Bonchev–Trinajstić information content (AvgIpc) is 2.30. The van der Waals surface area contributed by atoms with E-state index < -0.39 is 0 Å². The van der Waals surface area contributed by atoms with Crippen molar-refractivity contribution in [3.05, 3.63) is 57.5 Å². The van der Waals surface area contributed by atoms with Crippen LogP contribution >= 0.6 is 27.5 Å². The first kappa shape index (κ1) is 12.3. The summed E-state index contributed by atoms with van der Waals surface area (Å²) in [6, 6.07) is 12.4. The van der Waals surface area contributed by atoms with Crippen molar-refractivity contribution in [1.82, 2.24) is 0 Å². The van der Waals surface area contributed by atoms with E-state index in [2.05, 4.69) is 15.9 Å². The number of para-hydroxylation sites is 2. The van der Waals surface area contributed by atoms with Crippen molar-refractivity contribution in [2.75, 3.05) is 0 Å². The largest absolute Gasteiger partial charge is 0.504 e. The lowest BCUT2D eigenvalue weighted by molar-refractivity contribution is 0.288. The minimum atomic E-state index is 0.137. The Morgan fingerprint density at radius 3 is 2.65 bits per heavy atom. The van der Waals surface area contributed by atoms with Crippen molar-refractivity contribution < 1.29 is 9.84 Å². The number of hydrogen-bond acceptors (Lipinski definition) is 2. The minimum absolute atomic E-state index is 0.137. The normalized spacial score (nSPS) is 10.2. The van der Waals surface area contributed by atoms with Gasteiger partial charge in [-0.15, -0.1) is 0 Å². The van der Waals surface area contributed by atoms with Gasteiger partial charge < -0.3 is 9.84 Å². The second-order valence-electron chi connectivity index (χ2n) is 3.49. The van der Waals surface area contributed by atoms with Gasteiger partial charge in [-0.2, -0.15) is 0 Å². The van der Waals surface area contributed by atoms with Crippen molar-refractivity contribution in [3.63, 3.8) is 0 Å². The van der Waals surface area contributed by atoms with Crippen molar-refractivity contribution in [1.29, 1.82) is 0 Å². The number of phenols is 1. The lowest BCUT2D eigenvalue weighted by atomic mass is 10.2. The SMILES string of the molecule is Oc1ccccc1OCc1ccc(Cl)cc1Br. The molecule has 0 bridgehead atoms. The summed E-state index contributed by atoms with van der Waals surface area (Å²) in [6.45, 7) is 0.370. The molecule has 0 radical (unpaired) electrons. The van der Waals surface area contributed by atoms with E-state index in [1.165, 1.54) is 0 Å². The van der Waals surface area contributed by atoms with Gasteiger partial charge in [0, 0.05) is 15.1 Å². The standard InChI is InChI=1S/C13H10BrClO2/c14-11-7-10(15)6-5-9(11)8-17-13-4-2-1-3-12(13)16/h1-7,16H,8H2. The topological polar surface area (TPSA) is 29.5 Å². The summed E-state index contributed by atoms with van der Waals surface area (Å²) in [5.41, 5.74) is 0.970. The molecule has 0 aliphatic heterocycles. The van der Waals surface area contributed by atoms with Gasteiger partial charge in [-0.25, -0.2) is 0 Å². The van der Waals surface area contributed by atoms with Gasteiger partial charge in [0.25, 0.3) is 0 Å². The molecule has 0 saturated heterocycles. The molecule has 0 aliphatic rings. The van der Waals surface area contributed by atoms with Crippen LogP contribution in [0.25, 0.3) is 0 Å². The van der Waals surface area contributed by atoms with Crippen LogP contribution in [0.1, 0.15) is 5.56 Å². The predicted octanol–water partition coefficient (Wildman–Crippen LogP) is 4.39. The van der Waals surface area contributed by atoms with Crippen molar-refractivity contribution in [2.45, 2.75) is 6.61 Å². The third-order valence-corrected chi connectivity index (χ3v) is 3.24. The van der Waals surface area contributed by atoms with Crippen LogP contribution in [-0.4, -0.2) is 5.11 Å². The second kappa shape index (κ2) is 5.43. The number of phenolic OH excluding ortho intramolecular Hbond substituents is 1. The summed E-state index contributed by atoms with van der Waals surface area (Å²) in [5.74, 6) is 0.604. The zero-order valence-corrected chi connectivity index (χ0v) is 11.2. The van der Waals surface area contributed by atoms with Crippen molar-refractivity contribution in [2.24, 2.45) is 0 Å². The maximum Gasteiger partial charge on any atom is 0.161 e. The zero-order chi connectivity index (χ0) is 12.3. The summed E-state index contributed by atoms with van der Waals surface area (Å²) in [5, 5.41) is 10.2. The Kier molecular flexibility index (Phi) is 3.92. The maximum atomic E-state index is 9.54.